The zero-order chi connectivity index (χ0) is 22.9. The molecule has 162 valence electrons. The maximum absolute atomic E-state index is 13.4. The molecule has 0 aliphatic rings. The number of carboxylic acids is 1. The summed E-state index contributed by atoms with van der Waals surface area (Å²) in [4.78, 5) is 30.9. The number of amides is 1. The smallest absolute Gasteiger partial charge is 0.419 e. The molecular weight excluding hydrogens is 408 g/mol. The molecule has 2 heterocycles. The van der Waals surface area contributed by atoms with Gasteiger partial charge in [-0.25, -0.2) is 19.2 Å². The summed E-state index contributed by atoms with van der Waals surface area (Å²) in [6.45, 7) is 5.34. The van der Waals surface area contributed by atoms with Gasteiger partial charge in [0.15, 0.2) is 5.69 Å². The van der Waals surface area contributed by atoms with E-state index in [1.807, 2.05) is 30.3 Å². The van der Waals surface area contributed by atoms with Crippen molar-refractivity contribution in [3.63, 3.8) is 0 Å². The van der Waals surface area contributed by atoms with Gasteiger partial charge in [-0.1, -0.05) is 30.3 Å². The number of aromatic nitrogens is 3. The molecule has 32 heavy (non-hydrogen) atoms. The molecular formula is C24H22N4O4. The fourth-order valence-corrected chi connectivity index (χ4v) is 3.32. The summed E-state index contributed by atoms with van der Waals surface area (Å²) >= 11 is 0. The summed E-state index contributed by atoms with van der Waals surface area (Å²) in [5, 5.41) is 14.6. The third-order valence-electron chi connectivity index (χ3n) is 4.62. The summed E-state index contributed by atoms with van der Waals surface area (Å²) in [5.74, 6) is -1.13. The van der Waals surface area contributed by atoms with Crippen LogP contribution in [0.3, 0.4) is 0 Å². The lowest BCUT2D eigenvalue weighted by atomic mass is 10.1. The van der Waals surface area contributed by atoms with Gasteiger partial charge in [0.25, 0.3) is 0 Å². The van der Waals surface area contributed by atoms with Gasteiger partial charge in [-0.2, -0.15) is 5.10 Å². The minimum Gasteiger partial charge on any atom is -0.477 e. The third-order valence-corrected chi connectivity index (χ3v) is 4.62. The van der Waals surface area contributed by atoms with Crippen molar-refractivity contribution in [2.24, 2.45) is 0 Å². The molecule has 1 amide bonds. The van der Waals surface area contributed by atoms with Crippen LogP contribution in [-0.2, 0) is 4.74 Å². The number of fused-ring (bicyclic) bond motifs is 1. The first-order valence-electron chi connectivity index (χ1n) is 9.99. The highest BCUT2D eigenvalue weighted by molar-refractivity contribution is 6.00. The van der Waals surface area contributed by atoms with Gasteiger partial charge in [0.05, 0.1) is 35.0 Å². The Balaban J connectivity index is 1.92. The summed E-state index contributed by atoms with van der Waals surface area (Å²) in [7, 11) is 0. The molecule has 8 nitrogen and oxygen atoms in total. The third kappa shape index (κ3) is 4.15. The first-order valence-corrected chi connectivity index (χ1v) is 9.99. The van der Waals surface area contributed by atoms with Gasteiger partial charge in [0, 0.05) is 5.39 Å². The quantitative estimate of drug-likeness (QED) is 0.478. The maximum atomic E-state index is 13.4. The fraction of sp³-hybridized carbons (Fsp3) is 0.167. The maximum Gasteiger partial charge on any atom is 0.419 e. The zero-order valence-corrected chi connectivity index (χ0v) is 17.9. The molecule has 0 aliphatic heterocycles. The monoisotopic (exact) mass is 430 g/mol. The highest BCUT2D eigenvalue weighted by atomic mass is 16.6. The summed E-state index contributed by atoms with van der Waals surface area (Å²) in [5.41, 5.74) is 1.31. The number of carbonyl (C=O) groups is 2. The molecule has 0 unspecified atom stereocenters. The van der Waals surface area contributed by atoms with E-state index in [1.165, 1.54) is 21.8 Å². The molecule has 4 aromatic rings. The average molecular weight is 430 g/mol. The van der Waals surface area contributed by atoms with E-state index in [0.29, 0.717) is 17.1 Å². The van der Waals surface area contributed by atoms with E-state index >= 15 is 0 Å². The number of rotatable bonds is 4. The summed E-state index contributed by atoms with van der Waals surface area (Å²) in [6, 6.07) is 17.7. The van der Waals surface area contributed by atoms with Crippen LogP contribution < -0.4 is 4.90 Å². The Hall–Kier alpha value is -4.20. The number of anilines is 2. The van der Waals surface area contributed by atoms with Gasteiger partial charge in [0.1, 0.15) is 5.60 Å². The number of ether oxygens (including phenoxy) is 1. The summed E-state index contributed by atoms with van der Waals surface area (Å²) in [6.07, 6.45) is 2.37. The van der Waals surface area contributed by atoms with Crippen molar-refractivity contribution in [2.45, 2.75) is 26.4 Å². The van der Waals surface area contributed by atoms with E-state index in [2.05, 4.69) is 10.1 Å². The van der Waals surface area contributed by atoms with Gasteiger partial charge in [0.2, 0.25) is 0 Å². The highest BCUT2D eigenvalue weighted by Crippen LogP contribution is 2.34. The highest BCUT2D eigenvalue weighted by Gasteiger charge is 2.28. The molecule has 4 rings (SSSR count). The number of hydrogen-bond acceptors (Lipinski definition) is 5. The van der Waals surface area contributed by atoms with E-state index in [9.17, 15) is 14.7 Å². The molecule has 0 saturated heterocycles. The lowest BCUT2D eigenvalue weighted by molar-refractivity contribution is 0.0598. The van der Waals surface area contributed by atoms with E-state index in [-0.39, 0.29) is 5.69 Å². The molecule has 2 aromatic heterocycles. The van der Waals surface area contributed by atoms with Crippen LogP contribution >= 0.6 is 0 Å². The lowest BCUT2D eigenvalue weighted by Gasteiger charge is -2.29. The molecule has 8 heteroatoms. The Kier molecular flexibility index (Phi) is 5.36. The lowest BCUT2D eigenvalue weighted by Crippen LogP contribution is -2.34. The van der Waals surface area contributed by atoms with Crippen LogP contribution in [0, 0.1) is 0 Å². The Morgan fingerprint density at radius 1 is 1.03 bits per heavy atom. The van der Waals surface area contributed by atoms with Crippen LogP contribution in [-0.4, -0.2) is 37.5 Å². The standard InChI is InChI=1S/C24H22N4O4/c1-24(2,3)32-23(31)27(17-14-16-8-4-5-9-18(16)25-15-17)19-10-6-7-11-20(19)28-21(22(29)30)12-13-26-28/h4-15H,1-3H3,(H,29,30). The van der Waals surface area contributed by atoms with Crippen molar-refractivity contribution in [1.29, 1.82) is 0 Å². The average Bonchev–Trinajstić information content (AvgIpc) is 3.23. The van der Waals surface area contributed by atoms with E-state index in [0.717, 1.165) is 10.9 Å². The SMILES string of the molecule is CC(C)(C)OC(=O)N(c1cnc2ccccc2c1)c1ccccc1-n1nccc1C(=O)O. The van der Waals surface area contributed by atoms with Crippen LogP contribution in [0.4, 0.5) is 16.2 Å². The number of carbonyl (C=O) groups excluding carboxylic acids is 1. The number of benzene rings is 2. The van der Waals surface area contributed by atoms with Gasteiger partial charge in [-0.15, -0.1) is 0 Å². The zero-order valence-electron chi connectivity index (χ0n) is 17.9. The number of carboxylic acid groups (broad SMARTS) is 1. The number of nitrogens with zero attached hydrogens (tertiary/aromatic N) is 4. The van der Waals surface area contributed by atoms with Gasteiger partial charge in [-0.05, 0) is 51.1 Å². The van der Waals surface area contributed by atoms with Crippen molar-refractivity contribution in [3.05, 3.63) is 78.8 Å². The Morgan fingerprint density at radius 2 is 1.75 bits per heavy atom. The number of aromatic carboxylic acids is 1. The van der Waals surface area contributed by atoms with Crippen LogP contribution in [0.25, 0.3) is 16.6 Å². The van der Waals surface area contributed by atoms with Crippen LogP contribution in [0.5, 0.6) is 0 Å². The van der Waals surface area contributed by atoms with Crippen molar-refractivity contribution in [3.8, 4) is 5.69 Å². The second kappa shape index (κ2) is 8.14. The van der Waals surface area contributed by atoms with Gasteiger partial charge < -0.3 is 9.84 Å². The first-order chi connectivity index (χ1) is 15.2. The molecule has 0 atom stereocenters. The minimum absolute atomic E-state index is 0.0294. The molecule has 0 spiro atoms. The van der Waals surface area contributed by atoms with Crippen molar-refractivity contribution < 1.29 is 19.4 Å². The number of hydrogen-bond donors (Lipinski definition) is 1. The largest absolute Gasteiger partial charge is 0.477 e. The molecule has 0 fully saturated rings. The van der Waals surface area contributed by atoms with Crippen LogP contribution in [0.2, 0.25) is 0 Å². The molecule has 1 N–H and O–H groups in total. The second-order valence-electron chi connectivity index (χ2n) is 8.12. The van der Waals surface area contributed by atoms with Gasteiger partial charge in [-0.3, -0.25) is 4.98 Å². The Morgan fingerprint density at radius 3 is 2.50 bits per heavy atom. The number of para-hydroxylation sites is 3. The van der Waals surface area contributed by atoms with Crippen molar-refractivity contribution >= 4 is 34.3 Å². The van der Waals surface area contributed by atoms with Crippen LogP contribution in [0.15, 0.2) is 73.1 Å². The van der Waals surface area contributed by atoms with E-state index in [4.69, 9.17) is 4.74 Å². The Bertz CT molecular complexity index is 1310. The summed E-state index contributed by atoms with van der Waals surface area (Å²) < 4.78 is 6.97. The molecule has 0 bridgehead atoms. The molecule has 0 aliphatic carbocycles. The van der Waals surface area contributed by atoms with Crippen molar-refractivity contribution in [1.82, 2.24) is 14.8 Å². The van der Waals surface area contributed by atoms with E-state index < -0.39 is 17.7 Å². The van der Waals surface area contributed by atoms with E-state index in [1.54, 1.807) is 51.2 Å². The Labute approximate surface area is 184 Å². The predicted octanol–water partition coefficient (Wildman–Crippen LogP) is 5.19. The normalized spacial score (nSPS) is 11.3. The molecule has 2 aromatic carbocycles. The first kappa shape index (κ1) is 21.0. The second-order valence-corrected chi connectivity index (χ2v) is 8.12. The fourth-order valence-electron chi connectivity index (χ4n) is 3.32. The minimum atomic E-state index is -1.13. The van der Waals surface area contributed by atoms with Crippen LogP contribution in [0.1, 0.15) is 31.3 Å². The molecule has 0 saturated carbocycles. The van der Waals surface area contributed by atoms with Crippen molar-refractivity contribution in [2.75, 3.05) is 4.90 Å². The number of pyridine rings is 1. The predicted molar refractivity (Wildman–Crippen MR) is 121 cm³/mol. The van der Waals surface area contributed by atoms with Gasteiger partial charge >= 0.3 is 12.1 Å². The topological polar surface area (TPSA) is 97.5 Å². The molecule has 0 radical (unpaired) electrons.